The Morgan fingerprint density at radius 1 is 1.23 bits per heavy atom. The number of nitrogens with zero attached hydrogens (tertiary/aromatic N) is 2. The number of hydrogen-bond donors (Lipinski definition) is 2. The summed E-state index contributed by atoms with van der Waals surface area (Å²) in [6.45, 7) is 5.54. The van der Waals surface area contributed by atoms with Crippen LogP contribution in [0, 0.1) is 5.41 Å². The Morgan fingerprint density at radius 3 is 2.77 bits per heavy atom. The van der Waals surface area contributed by atoms with Crippen LogP contribution in [0.2, 0.25) is 0 Å². The first-order valence-electron chi connectivity index (χ1n) is 12.4. The zero-order chi connectivity index (χ0) is 24.8. The largest absolute Gasteiger partial charge is 0.345 e. The molecule has 1 saturated heterocycles. The van der Waals surface area contributed by atoms with Crippen LogP contribution in [0.1, 0.15) is 49.9 Å². The van der Waals surface area contributed by atoms with E-state index in [2.05, 4.69) is 27.9 Å². The van der Waals surface area contributed by atoms with Gasteiger partial charge in [0.1, 0.15) is 6.10 Å². The third kappa shape index (κ3) is 5.62. The van der Waals surface area contributed by atoms with Gasteiger partial charge in [0.05, 0.1) is 12.1 Å². The summed E-state index contributed by atoms with van der Waals surface area (Å²) in [5, 5.41) is 9.57. The minimum Gasteiger partial charge on any atom is -0.345 e. The number of carbonyl (C=O) groups is 2. The number of hydrogen-bond acceptors (Lipinski definition) is 4. The zero-order valence-corrected chi connectivity index (χ0v) is 20.5. The van der Waals surface area contributed by atoms with Gasteiger partial charge in [-0.2, -0.15) is 0 Å². The molecule has 2 amide bonds. The predicted molar refractivity (Wildman–Crippen MR) is 137 cm³/mol. The summed E-state index contributed by atoms with van der Waals surface area (Å²) in [4.78, 5) is 30.7. The number of hydroxylamine groups is 1. The summed E-state index contributed by atoms with van der Waals surface area (Å²) in [6.07, 6.45) is 4.34. The molecule has 184 valence electrons. The molecule has 2 atom stereocenters. The average molecular weight is 475 g/mol. The maximum Gasteiger partial charge on any atom is 0.230 e. The van der Waals surface area contributed by atoms with Crippen molar-refractivity contribution in [1.29, 1.82) is 5.41 Å². The molecule has 2 aromatic carbocycles. The third-order valence-electron chi connectivity index (χ3n) is 6.95. The summed E-state index contributed by atoms with van der Waals surface area (Å²) in [5.74, 6) is 0.221. The molecule has 2 heterocycles. The van der Waals surface area contributed by atoms with Crippen LogP contribution in [0.4, 0.5) is 0 Å². The van der Waals surface area contributed by atoms with Crippen molar-refractivity contribution in [2.24, 2.45) is 0 Å². The van der Waals surface area contributed by atoms with Gasteiger partial charge in [-0.1, -0.05) is 42.5 Å². The number of fused-ring (bicyclic) bond motifs is 1. The van der Waals surface area contributed by atoms with Crippen molar-refractivity contribution in [3.8, 4) is 0 Å². The smallest absolute Gasteiger partial charge is 0.230 e. The molecule has 35 heavy (non-hydrogen) atoms. The number of benzene rings is 2. The van der Waals surface area contributed by atoms with Gasteiger partial charge in [0.15, 0.2) is 0 Å². The SMILES string of the molecule is CCn1c(CC[C@@H]2CCCN2C(=O)Cc2ccccc2)cc2ccc(C(=N)C(C)ONC=O)cc21. The molecule has 0 saturated carbocycles. The van der Waals surface area contributed by atoms with Crippen LogP contribution in [-0.4, -0.2) is 46.2 Å². The number of rotatable bonds is 11. The Labute approximate surface area is 206 Å². The molecular formula is C28H34N4O3. The number of aryl methyl sites for hydroxylation is 2. The highest BCUT2D eigenvalue weighted by Crippen LogP contribution is 2.27. The standard InChI is InChI=1S/C28H34N4O3/c1-3-31-25(17-22-11-12-23(18-26(22)31)28(29)20(2)35-30-19-33)14-13-24-10-7-15-32(24)27(34)16-21-8-5-4-6-9-21/h4-6,8-9,11-12,17-20,24,29H,3,7,10,13-16H2,1-2H3,(H,30,33)/t20?,24-/m0/s1. The molecule has 0 spiro atoms. The lowest BCUT2D eigenvalue weighted by Crippen LogP contribution is -2.36. The van der Waals surface area contributed by atoms with E-state index in [0.29, 0.717) is 18.5 Å². The van der Waals surface area contributed by atoms with Crippen molar-refractivity contribution in [3.05, 3.63) is 71.4 Å². The number of nitrogens with one attached hydrogen (secondary N) is 2. The number of amides is 2. The molecule has 1 unspecified atom stereocenters. The lowest BCUT2D eigenvalue weighted by molar-refractivity contribution is -0.131. The van der Waals surface area contributed by atoms with E-state index in [4.69, 9.17) is 10.2 Å². The van der Waals surface area contributed by atoms with Gasteiger partial charge in [0, 0.05) is 35.9 Å². The average Bonchev–Trinajstić information content (AvgIpc) is 3.49. The molecule has 0 radical (unpaired) electrons. The minimum absolute atomic E-state index is 0.221. The van der Waals surface area contributed by atoms with Crippen molar-refractivity contribution < 1.29 is 14.4 Å². The lowest BCUT2D eigenvalue weighted by atomic mass is 10.0. The Hall–Kier alpha value is -3.45. The molecule has 3 aromatic rings. The fourth-order valence-electron chi connectivity index (χ4n) is 5.13. The second kappa shape index (κ2) is 11.3. The molecule has 7 nitrogen and oxygen atoms in total. The molecular weight excluding hydrogens is 440 g/mol. The van der Waals surface area contributed by atoms with Gasteiger partial charge in [-0.05, 0) is 62.6 Å². The van der Waals surface area contributed by atoms with E-state index < -0.39 is 6.10 Å². The lowest BCUT2D eigenvalue weighted by Gasteiger charge is -2.25. The normalized spacial score (nSPS) is 16.4. The summed E-state index contributed by atoms with van der Waals surface area (Å²) in [7, 11) is 0. The fraction of sp³-hybridized carbons (Fsp3) is 0.393. The summed E-state index contributed by atoms with van der Waals surface area (Å²) < 4.78 is 2.30. The first-order valence-corrected chi connectivity index (χ1v) is 12.4. The van der Waals surface area contributed by atoms with Crippen molar-refractivity contribution >= 4 is 28.9 Å². The molecule has 1 fully saturated rings. The van der Waals surface area contributed by atoms with Crippen molar-refractivity contribution in [2.45, 2.75) is 64.6 Å². The highest BCUT2D eigenvalue weighted by atomic mass is 16.7. The quantitative estimate of drug-likeness (QED) is 0.247. The van der Waals surface area contributed by atoms with E-state index in [1.54, 1.807) is 6.92 Å². The number of likely N-dealkylation sites (tertiary alicyclic amines) is 1. The first-order chi connectivity index (χ1) is 17.0. The van der Waals surface area contributed by atoms with Crippen LogP contribution in [-0.2, 0) is 33.8 Å². The van der Waals surface area contributed by atoms with Crippen LogP contribution in [0.3, 0.4) is 0 Å². The Kier molecular flexibility index (Phi) is 7.98. The zero-order valence-electron chi connectivity index (χ0n) is 20.5. The molecule has 7 heteroatoms. The Morgan fingerprint density at radius 2 is 2.03 bits per heavy atom. The molecule has 1 aromatic heterocycles. The van der Waals surface area contributed by atoms with Gasteiger partial charge in [-0.25, -0.2) is 5.48 Å². The van der Waals surface area contributed by atoms with E-state index in [1.165, 1.54) is 5.69 Å². The molecule has 4 rings (SSSR count). The van der Waals surface area contributed by atoms with Crippen LogP contribution < -0.4 is 5.48 Å². The minimum atomic E-state index is -0.552. The maximum absolute atomic E-state index is 13.0. The van der Waals surface area contributed by atoms with E-state index in [0.717, 1.165) is 60.8 Å². The summed E-state index contributed by atoms with van der Waals surface area (Å²) >= 11 is 0. The summed E-state index contributed by atoms with van der Waals surface area (Å²) in [6, 6.07) is 18.5. The highest BCUT2D eigenvalue weighted by molar-refractivity contribution is 6.03. The molecule has 1 aliphatic rings. The van der Waals surface area contributed by atoms with E-state index in [-0.39, 0.29) is 11.9 Å². The van der Waals surface area contributed by atoms with Gasteiger partial charge in [-0.3, -0.25) is 14.4 Å². The molecule has 0 bridgehead atoms. The van der Waals surface area contributed by atoms with Crippen molar-refractivity contribution in [1.82, 2.24) is 14.9 Å². The first kappa shape index (κ1) is 24.7. The van der Waals surface area contributed by atoms with Crippen LogP contribution in [0.25, 0.3) is 10.9 Å². The number of aromatic nitrogens is 1. The molecule has 1 aliphatic heterocycles. The van der Waals surface area contributed by atoms with E-state index in [1.807, 2.05) is 48.5 Å². The van der Waals surface area contributed by atoms with Crippen LogP contribution in [0.5, 0.6) is 0 Å². The molecule has 0 aliphatic carbocycles. The molecule has 2 N–H and O–H groups in total. The van der Waals surface area contributed by atoms with Gasteiger partial charge >= 0.3 is 0 Å². The monoisotopic (exact) mass is 474 g/mol. The van der Waals surface area contributed by atoms with Gasteiger partial charge < -0.3 is 14.9 Å². The Balaban J connectivity index is 1.46. The predicted octanol–water partition coefficient (Wildman–Crippen LogP) is 4.26. The fourth-order valence-corrected chi connectivity index (χ4v) is 5.13. The van der Waals surface area contributed by atoms with Crippen LogP contribution >= 0.6 is 0 Å². The number of carbonyl (C=O) groups excluding carboxylic acids is 2. The second-order valence-corrected chi connectivity index (χ2v) is 9.15. The van der Waals surface area contributed by atoms with Crippen LogP contribution in [0.15, 0.2) is 54.6 Å². The van der Waals surface area contributed by atoms with E-state index in [9.17, 15) is 9.59 Å². The van der Waals surface area contributed by atoms with Gasteiger partial charge in [-0.15, -0.1) is 0 Å². The van der Waals surface area contributed by atoms with E-state index >= 15 is 0 Å². The highest BCUT2D eigenvalue weighted by Gasteiger charge is 2.28. The van der Waals surface area contributed by atoms with Gasteiger partial charge in [0.25, 0.3) is 0 Å². The van der Waals surface area contributed by atoms with Crippen molar-refractivity contribution in [3.63, 3.8) is 0 Å². The van der Waals surface area contributed by atoms with Crippen molar-refractivity contribution in [2.75, 3.05) is 6.54 Å². The van der Waals surface area contributed by atoms with Gasteiger partial charge in [0.2, 0.25) is 12.3 Å². The topological polar surface area (TPSA) is 87.4 Å². The Bertz CT molecular complexity index is 1190. The maximum atomic E-state index is 13.0. The second-order valence-electron chi connectivity index (χ2n) is 9.15. The third-order valence-corrected chi connectivity index (χ3v) is 6.95. The summed E-state index contributed by atoms with van der Waals surface area (Å²) in [5.41, 5.74) is 6.66.